The van der Waals surface area contributed by atoms with E-state index in [9.17, 15) is 4.79 Å². The third-order valence-electron chi connectivity index (χ3n) is 3.41. The highest BCUT2D eigenvalue weighted by molar-refractivity contribution is 6.35. The van der Waals surface area contributed by atoms with Gasteiger partial charge < -0.3 is 10.6 Å². The van der Waals surface area contributed by atoms with Crippen LogP contribution in [0.2, 0.25) is 10.0 Å². The van der Waals surface area contributed by atoms with Crippen molar-refractivity contribution in [3.05, 3.63) is 82.4 Å². The van der Waals surface area contributed by atoms with Crippen LogP contribution in [0.15, 0.2) is 61.2 Å². The SMILES string of the molecule is O=C(NCc1ccncc1)c1cncc(Nc2cc(Cl)ccc2Cl)c1. The summed E-state index contributed by atoms with van der Waals surface area (Å²) in [4.78, 5) is 20.3. The molecule has 3 rings (SSSR count). The Kier molecular flexibility index (Phi) is 5.48. The van der Waals surface area contributed by atoms with E-state index < -0.39 is 0 Å². The lowest BCUT2D eigenvalue weighted by atomic mass is 10.2. The summed E-state index contributed by atoms with van der Waals surface area (Å²) >= 11 is 12.1. The highest BCUT2D eigenvalue weighted by Gasteiger charge is 2.08. The molecule has 0 aliphatic rings. The van der Waals surface area contributed by atoms with Gasteiger partial charge in [-0.1, -0.05) is 23.2 Å². The molecule has 7 heteroatoms. The van der Waals surface area contributed by atoms with Crippen LogP contribution >= 0.6 is 23.2 Å². The zero-order valence-corrected chi connectivity index (χ0v) is 14.6. The van der Waals surface area contributed by atoms with Gasteiger partial charge in [-0.2, -0.15) is 0 Å². The van der Waals surface area contributed by atoms with E-state index in [1.807, 2.05) is 12.1 Å². The molecule has 0 saturated carbocycles. The molecule has 1 aromatic carbocycles. The minimum Gasteiger partial charge on any atom is -0.353 e. The third-order valence-corrected chi connectivity index (χ3v) is 3.97. The van der Waals surface area contributed by atoms with Gasteiger partial charge in [-0.3, -0.25) is 14.8 Å². The largest absolute Gasteiger partial charge is 0.353 e. The van der Waals surface area contributed by atoms with Gasteiger partial charge in [0.1, 0.15) is 0 Å². The molecule has 0 aliphatic carbocycles. The molecule has 0 unspecified atom stereocenters. The number of hydrogen-bond donors (Lipinski definition) is 2. The Morgan fingerprint density at radius 1 is 1.00 bits per heavy atom. The first kappa shape index (κ1) is 17.2. The lowest BCUT2D eigenvalue weighted by Crippen LogP contribution is -2.23. The van der Waals surface area contributed by atoms with Crippen molar-refractivity contribution in [3.8, 4) is 0 Å². The first-order chi connectivity index (χ1) is 12.1. The molecule has 5 nitrogen and oxygen atoms in total. The Balaban J connectivity index is 1.70. The molecule has 25 heavy (non-hydrogen) atoms. The second-order valence-corrected chi connectivity index (χ2v) is 6.09. The maximum absolute atomic E-state index is 12.3. The van der Waals surface area contributed by atoms with Crippen molar-refractivity contribution in [3.63, 3.8) is 0 Å². The number of amides is 1. The number of pyridine rings is 2. The number of nitrogens with zero attached hydrogens (tertiary/aromatic N) is 2. The van der Waals surface area contributed by atoms with E-state index in [2.05, 4.69) is 20.6 Å². The Bertz CT molecular complexity index is 887. The fraction of sp³-hybridized carbons (Fsp3) is 0.0556. The molecule has 2 aromatic heterocycles. The number of carbonyl (C=O) groups is 1. The normalized spacial score (nSPS) is 10.3. The van der Waals surface area contributed by atoms with Gasteiger partial charge in [-0.25, -0.2) is 0 Å². The summed E-state index contributed by atoms with van der Waals surface area (Å²) in [6.07, 6.45) is 6.48. The maximum atomic E-state index is 12.3. The quantitative estimate of drug-likeness (QED) is 0.693. The standard InChI is InChI=1S/C18H14Cl2N4O/c19-14-1-2-16(20)17(8-14)24-15-7-13(10-22-11-15)18(25)23-9-12-3-5-21-6-4-12/h1-8,10-11,24H,9H2,(H,23,25). The summed E-state index contributed by atoms with van der Waals surface area (Å²) in [6.45, 7) is 0.416. The van der Waals surface area contributed by atoms with E-state index in [0.717, 1.165) is 5.56 Å². The van der Waals surface area contributed by atoms with Crippen LogP contribution in [0, 0.1) is 0 Å². The van der Waals surface area contributed by atoms with E-state index in [1.165, 1.54) is 6.20 Å². The Morgan fingerprint density at radius 2 is 1.80 bits per heavy atom. The van der Waals surface area contributed by atoms with Gasteiger partial charge in [-0.05, 0) is 42.0 Å². The van der Waals surface area contributed by atoms with E-state index in [-0.39, 0.29) is 5.91 Å². The minimum absolute atomic E-state index is 0.217. The van der Waals surface area contributed by atoms with E-state index >= 15 is 0 Å². The monoisotopic (exact) mass is 372 g/mol. The van der Waals surface area contributed by atoms with Gasteiger partial charge in [-0.15, -0.1) is 0 Å². The molecular weight excluding hydrogens is 359 g/mol. The van der Waals surface area contributed by atoms with Crippen molar-refractivity contribution in [2.24, 2.45) is 0 Å². The predicted molar refractivity (Wildman–Crippen MR) is 99.4 cm³/mol. The van der Waals surface area contributed by atoms with Crippen LogP contribution in [0.1, 0.15) is 15.9 Å². The zero-order chi connectivity index (χ0) is 17.6. The zero-order valence-electron chi connectivity index (χ0n) is 13.0. The first-order valence-corrected chi connectivity index (χ1v) is 8.21. The molecule has 0 fully saturated rings. The molecule has 0 radical (unpaired) electrons. The van der Waals surface area contributed by atoms with E-state index in [1.54, 1.807) is 42.9 Å². The van der Waals surface area contributed by atoms with Crippen molar-refractivity contribution < 1.29 is 4.79 Å². The van der Waals surface area contributed by atoms with Crippen molar-refractivity contribution >= 4 is 40.5 Å². The summed E-state index contributed by atoms with van der Waals surface area (Å²) in [5.41, 5.74) is 2.69. The minimum atomic E-state index is -0.217. The summed E-state index contributed by atoms with van der Waals surface area (Å²) in [7, 11) is 0. The molecule has 1 amide bonds. The molecule has 0 spiro atoms. The van der Waals surface area contributed by atoms with Crippen LogP contribution in [-0.2, 0) is 6.54 Å². The van der Waals surface area contributed by atoms with Crippen molar-refractivity contribution in [2.45, 2.75) is 6.54 Å². The lowest BCUT2D eigenvalue weighted by molar-refractivity contribution is 0.0950. The van der Waals surface area contributed by atoms with Crippen LogP contribution in [0.25, 0.3) is 0 Å². The molecule has 3 aromatic rings. The van der Waals surface area contributed by atoms with Crippen LogP contribution in [0.3, 0.4) is 0 Å². The summed E-state index contributed by atoms with van der Waals surface area (Å²) < 4.78 is 0. The second kappa shape index (κ2) is 7.96. The molecule has 0 saturated heterocycles. The van der Waals surface area contributed by atoms with Gasteiger partial charge in [0.2, 0.25) is 0 Å². The average Bonchev–Trinajstić information content (AvgIpc) is 2.64. The van der Waals surface area contributed by atoms with Crippen molar-refractivity contribution in [1.29, 1.82) is 0 Å². The van der Waals surface area contributed by atoms with Gasteiger partial charge in [0.25, 0.3) is 5.91 Å². The number of hydrogen-bond acceptors (Lipinski definition) is 4. The Morgan fingerprint density at radius 3 is 2.60 bits per heavy atom. The maximum Gasteiger partial charge on any atom is 0.253 e. The lowest BCUT2D eigenvalue weighted by Gasteiger charge is -2.10. The Labute approximate surface area is 155 Å². The van der Waals surface area contributed by atoms with Crippen LogP contribution in [-0.4, -0.2) is 15.9 Å². The average molecular weight is 373 g/mol. The van der Waals surface area contributed by atoms with Gasteiger partial charge in [0.15, 0.2) is 0 Å². The predicted octanol–water partition coefficient (Wildman–Crippen LogP) is 4.46. The number of anilines is 2. The van der Waals surface area contributed by atoms with Crippen LogP contribution < -0.4 is 10.6 Å². The topological polar surface area (TPSA) is 66.9 Å². The van der Waals surface area contributed by atoms with Gasteiger partial charge in [0.05, 0.1) is 28.2 Å². The number of nitrogens with one attached hydrogen (secondary N) is 2. The molecule has 0 bridgehead atoms. The fourth-order valence-electron chi connectivity index (χ4n) is 2.17. The van der Waals surface area contributed by atoms with Crippen LogP contribution in [0.4, 0.5) is 11.4 Å². The number of benzene rings is 1. The van der Waals surface area contributed by atoms with Gasteiger partial charge in [0, 0.05) is 30.2 Å². The molecule has 0 atom stereocenters. The highest BCUT2D eigenvalue weighted by atomic mass is 35.5. The first-order valence-electron chi connectivity index (χ1n) is 7.46. The van der Waals surface area contributed by atoms with E-state index in [0.29, 0.717) is 33.5 Å². The summed E-state index contributed by atoms with van der Waals surface area (Å²) in [5, 5.41) is 7.05. The van der Waals surface area contributed by atoms with Crippen molar-refractivity contribution in [1.82, 2.24) is 15.3 Å². The fourth-order valence-corrected chi connectivity index (χ4v) is 2.50. The second-order valence-electron chi connectivity index (χ2n) is 5.25. The van der Waals surface area contributed by atoms with E-state index in [4.69, 9.17) is 23.2 Å². The Hall–Kier alpha value is -2.63. The highest BCUT2D eigenvalue weighted by Crippen LogP contribution is 2.28. The third kappa shape index (κ3) is 4.68. The number of aromatic nitrogens is 2. The molecule has 2 heterocycles. The molecule has 0 aliphatic heterocycles. The smallest absolute Gasteiger partial charge is 0.253 e. The number of rotatable bonds is 5. The van der Waals surface area contributed by atoms with Crippen LogP contribution in [0.5, 0.6) is 0 Å². The summed E-state index contributed by atoms with van der Waals surface area (Å²) in [5.74, 6) is -0.217. The number of carbonyl (C=O) groups excluding carboxylic acids is 1. The molecule has 2 N–H and O–H groups in total. The summed E-state index contributed by atoms with van der Waals surface area (Å²) in [6, 6.07) is 10.5. The molecule has 126 valence electrons. The van der Waals surface area contributed by atoms with Crippen molar-refractivity contribution in [2.75, 3.05) is 5.32 Å². The van der Waals surface area contributed by atoms with Gasteiger partial charge >= 0.3 is 0 Å². The number of halogens is 2. The molecular formula is C18H14Cl2N4O.